The molecule has 1 N–H and O–H groups in total. The number of hydrogen-bond donors (Lipinski definition) is 1. The fraction of sp³-hybridized carbons (Fsp3) is 0.300. The highest BCUT2D eigenvalue weighted by molar-refractivity contribution is 5.70. The van der Waals surface area contributed by atoms with Gasteiger partial charge in [-0.3, -0.25) is 4.79 Å². The van der Waals surface area contributed by atoms with Gasteiger partial charge in [0.25, 0.3) is 6.43 Å². The molecule has 0 saturated carbocycles. The van der Waals surface area contributed by atoms with Crippen molar-refractivity contribution in [2.45, 2.75) is 19.0 Å². The molecule has 1 heterocycles. The minimum absolute atomic E-state index is 0.173. The quantitative estimate of drug-likeness (QED) is 0.863. The summed E-state index contributed by atoms with van der Waals surface area (Å²) in [5, 5.41) is 17.1. The lowest BCUT2D eigenvalue weighted by Crippen LogP contribution is -2.15. The maximum absolute atomic E-state index is 12.7. The molecule has 0 bridgehead atoms. The van der Waals surface area contributed by atoms with Gasteiger partial charge in [0.2, 0.25) is 0 Å². The van der Waals surface area contributed by atoms with Crippen molar-refractivity contribution in [1.82, 2.24) is 4.98 Å². The van der Waals surface area contributed by atoms with Gasteiger partial charge in [0.05, 0.1) is 29.3 Å². The summed E-state index contributed by atoms with van der Waals surface area (Å²) in [5.74, 6) is -1.63. The minimum atomic E-state index is -4.96. The molecule has 0 atom stereocenters. The zero-order valence-corrected chi connectivity index (χ0v) is 9.00. The number of nitriles is 1. The summed E-state index contributed by atoms with van der Waals surface area (Å²) in [6.45, 7) is 0. The maximum atomic E-state index is 12.7. The van der Waals surface area contributed by atoms with E-state index in [1.165, 1.54) is 6.07 Å². The van der Waals surface area contributed by atoms with E-state index in [1.807, 2.05) is 0 Å². The summed E-state index contributed by atoms with van der Waals surface area (Å²) < 4.78 is 62.7. The van der Waals surface area contributed by atoms with Crippen molar-refractivity contribution in [3.05, 3.63) is 28.6 Å². The van der Waals surface area contributed by atoms with Gasteiger partial charge in [-0.2, -0.15) is 18.4 Å². The number of rotatable bonds is 3. The van der Waals surface area contributed by atoms with E-state index in [1.54, 1.807) is 0 Å². The fourth-order valence-corrected chi connectivity index (χ4v) is 1.37. The van der Waals surface area contributed by atoms with Gasteiger partial charge in [0.15, 0.2) is 0 Å². The predicted molar refractivity (Wildman–Crippen MR) is 50.3 cm³/mol. The molecule has 4 nitrogen and oxygen atoms in total. The van der Waals surface area contributed by atoms with Crippen LogP contribution < -0.4 is 0 Å². The molecule has 1 aromatic rings. The van der Waals surface area contributed by atoms with Crippen LogP contribution >= 0.6 is 0 Å². The second-order valence-electron chi connectivity index (χ2n) is 3.40. The van der Waals surface area contributed by atoms with Crippen LogP contribution in [0.25, 0.3) is 0 Å². The Kier molecular flexibility index (Phi) is 4.04. The Labute approximate surface area is 103 Å². The van der Waals surface area contributed by atoms with E-state index in [0.29, 0.717) is 0 Å². The Morgan fingerprint density at radius 3 is 2.42 bits per heavy atom. The Morgan fingerprint density at radius 2 is 2.05 bits per heavy atom. The summed E-state index contributed by atoms with van der Waals surface area (Å²) in [5.41, 5.74) is -4.56. The molecule has 0 aliphatic heterocycles. The molecule has 0 spiro atoms. The zero-order chi connectivity index (χ0) is 14.8. The van der Waals surface area contributed by atoms with Crippen LogP contribution in [0.1, 0.15) is 28.9 Å². The second kappa shape index (κ2) is 5.17. The third-order valence-corrected chi connectivity index (χ3v) is 2.09. The third-order valence-electron chi connectivity index (χ3n) is 2.09. The molecule has 1 aromatic heterocycles. The number of alkyl halides is 5. The summed E-state index contributed by atoms with van der Waals surface area (Å²) in [6.07, 6.45) is -9.38. The molecule has 0 aromatic carbocycles. The monoisotopic (exact) mass is 280 g/mol. The van der Waals surface area contributed by atoms with Gasteiger partial charge in [0.1, 0.15) is 5.69 Å². The van der Waals surface area contributed by atoms with Crippen molar-refractivity contribution in [3.63, 3.8) is 0 Å². The summed E-state index contributed by atoms with van der Waals surface area (Å²) in [7, 11) is 0. The van der Waals surface area contributed by atoms with E-state index in [0.717, 1.165) is 0 Å². The van der Waals surface area contributed by atoms with Gasteiger partial charge in [-0.05, 0) is 6.07 Å². The van der Waals surface area contributed by atoms with E-state index in [2.05, 4.69) is 4.98 Å². The Morgan fingerprint density at radius 1 is 1.47 bits per heavy atom. The largest absolute Gasteiger partial charge is 0.481 e. The Bertz CT molecular complexity index is 548. The first kappa shape index (κ1) is 14.8. The highest BCUT2D eigenvalue weighted by Crippen LogP contribution is 2.33. The van der Waals surface area contributed by atoms with Gasteiger partial charge in [0, 0.05) is 0 Å². The van der Waals surface area contributed by atoms with Crippen LogP contribution in [0.15, 0.2) is 6.07 Å². The number of hydrogen-bond acceptors (Lipinski definition) is 3. The first-order valence-corrected chi connectivity index (χ1v) is 4.68. The number of pyridine rings is 1. The van der Waals surface area contributed by atoms with Crippen LogP contribution in [0.2, 0.25) is 0 Å². The maximum Gasteiger partial charge on any atom is 0.433 e. The number of aromatic nitrogens is 1. The molecule has 0 fully saturated rings. The predicted octanol–water partition coefficient (Wildman–Crippen LogP) is 2.54. The van der Waals surface area contributed by atoms with Crippen LogP contribution in [0.3, 0.4) is 0 Å². The van der Waals surface area contributed by atoms with Gasteiger partial charge in [-0.25, -0.2) is 13.8 Å². The van der Waals surface area contributed by atoms with Crippen molar-refractivity contribution < 1.29 is 31.9 Å². The molecule has 1 rings (SSSR count). The second-order valence-corrected chi connectivity index (χ2v) is 3.40. The average Bonchev–Trinajstić information content (AvgIpc) is 2.25. The number of nitrogens with zero attached hydrogens (tertiary/aromatic N) is 2. The number of carboxylic acids is 1. The van der Waals surface area contributed by atoms with Crippen LogP contribution in [0, 0.1) is 11.3 Å². The minimum Gasteiger partial charge on any atom is -0.481 e. The van der Waals surface area contributed by atoms with E-state index in [9.17, 15) is 26.7 Å². The first-order valence-electron chi connectivity index (χ1n) is 4.68. The van der Waals surface area contributed by atoms with Crippen molar-refractivity contribution in [2.24, 2.45) is 0 Å². The molecule has 0 amide bonds. The SMILES string of the molecule is N#Cc1cc(C(F)(F)F)nc(CC(=O)O)c1C(F)F. The molecule has 0 aliphatic carbocycles. The van der Waals surface area contributed by atoms with Crippen LogP contribution in [0.5, 0.6) is 0 Å². The standard InChI is InChI=1S/C10H5F5N2O2/c11-9(12)8-4(3-16)1-6(10(13,14)15)17-5(8)2-7(18)19/h1,9H,2H2,(H,18,19). The lowest BCUT2D eigenvalue weighted by molar-refractivity contribution is -0.142. The van der Waals surface area contributed by atoms with Crippen molar-refractivity contribution in [3.8, 4) is 6.07 Å². The highest BCUT2D eigenvalue weighted by Gasteiger charge is 2.35. The molecular weight excluding hydrogens is 275 g/mol. The average molecular weight is 280 g/mol. The Balaban J connectivity index is 3.55. The normalized spacial score (nSPS) is 11.4. The lowest BCUT2D eigenvalue weighted by Gasteiger charge is -2.12. The smallest absolute Gasteiger partial charge is 0.433 e. The summed E-state index contributed by atoms with van der Waals surface area (Å²) in [6, 6.07) is 1.36. The van der Waals surface area contributed by atoms with Gasteiger partial charge < -0.3 is 5.11 Å². The molecule has 0 saturated heterocycles. The van der Waals surface area contributed by atoms with Crippen LogP contribution in [0.4, 0.5) is 22.0 Å². The molecule has 0 radical (unpaired) electrons. The van der Waals surface area contributed by atoms with Crippen molar-refractivity contribution in [2.75, 3.05) is 0 Å². The number of carboxylic acid groups (broad SMARTS) is 1. The fourth-order valence-electron chi connectivity index (χ4n) is 1.37. The van der Waals surface area contributed by atoms with E-state index >= 15 is 0 Å². The molecule has 9 heteroatoms. The van der Waals surface area contributed by atoms with Crippen LogP contribution in [-0.4, -0.2) is 16.1 Å². The van der Waals surface area contributed by atoms with Crippen molar-refractivity contribution in [1.29, 1.82) is 5.26 Å². The van der Waals surface area contributed by atoms with Gasteiger partial charge in [-0.15, -0.1) is 0 Å². The topological polar surface area (TPSA) is 74.0 Å². The molecule has 19 heavy (non-hydrogen) atoms. The molecule has 0 aliphatic rings. The summed E-state index contributed by atoms with van der Waals surface area (Å²) >= 11 is 0. The number of halogens is 5. The summed E-state index contributed by atoms with van der Waals surface area (Å²) in [4.78, 5) is 13.3. The molecular formula is C10H5F5N2O2. The number of carbonyl (C=O) groups is 1. The van der Waals surface area contributed by atoms with Crippen molar-refractivity contribution >= 4 is 5.97 Å². The third kappa shape index (κ3) is 3.37. The van der Waals surface area contributed by atoms with Gasteiger partial charge in [-0.1, -0.05) is 0 Å². The van der Waals surface area contributed by atoms with E-state index in [4.69, 9.17) is 10.4 Å². The van der Waals surface area contributed by atoms with Gasteiger partial charge >= 0.3 is 12.1 Å². The lowest BCUT2D eigenvalue weighted by atomic mass is 10.0. The highest BCUT2D eigenvalue weighted by atomic mass is 19.4. The molecule has 102 valence electrons. The van der Waals surface area contributed by atoms with Crippen LogP contribution in [-0.2, 0) is 17.4 Å². The Hall–Kier alpha value is -2.24. The number of aliphatic carboxylic acids is 1. The molecule has 0 unspecified atom stereocenters. The van der Waals surface area contributed by atoms with E-state index < -0.39 is 47.5 Å². The first-order chi connectivity index (χ1) is 8.66. The zero-order valence-electron chi connectivity index (χ0n) is 9.00. The van der Waals surface area contributed by atoms with E-state index in [-0.39, 0.29) is 6.07 Å².